The summed E-state index contributed by atoms with van der Waals surface area (Å²) < 4.78 is 17.0. The highest BCUT2D eigenvalue weighted by Crippen LogP contribution is 2.34. The van der Waals surface area contributed by atoms with Crippen molar-refractivity contribution in [1.82, 2.24) is 15.5 Å². The average Bonchev–Trinajstić information content (AvgIpc) is 3.42. The van der Waals surface area contributed by atoms with Crippen molar-refractivity contribution < 1.29 is 19.0 Å². The quantitative estimate of drug-likeness (QED) is 0.461. The molecule has 1 aliphatic heterocycles. The first-order valence-corrected chi connectivity index (χ1v) is 11.5. The van der Waals surface area contributed by atoms with Gasteiger partial charge in [0.1, 0.15) is 5.75 Å². The van der Waals surface area contributed by atoms with E-state index < -0.39 is 0 Å². The van der Waals surface area contributed by atoms with Gasteiger partial charge in [0.05, 0.1) is 17.5 Å². The van der Waals surface area contributed by atoms with Gasteiger partial charge in [-0.1, -0.05) is 41.3 Å². The second kappa shape index (κ2) is 9.88. The van der Waals surface area contributed by atoms with E-state index in [0.29, 0.717) is 28.4 Å². The van der Waals surface area contributed by atoms with Crippen molar-refractivity contribution in [3.05, 3.63) is 48.0 Å². The molecule has 0 saturated carbocycles. The molecule has 0 saturated heterocycles. The summed E-state index contributed by atoms with van der Waals surface area (Å²) in [5.74, 6) is 2.11. The van der Waals surface area contributed by atoms with Crippen molar-refractivity contribution in [2.24, 2.45) is 0 Å². The Morgan fingerprint density at radius 1 is 1.23 bits per heavy atom. The molecule has 31 heavy (non-hydrogen) atoms. The Kier molecular flexibility index (Phi) is 6.78. The number of benzene rings is 2. The van der Waals surface area contributed by atoms with Crippen LogP contribution in [0.4, 0.5) is 10.8 Å². The molecule has 1 aliphatic rings. The molecular weight excluding hydrogens is 436 g/mol. The van der Waals surface area contributed by atoms with Crippen molar-refractivity contribution in [3.8, 4) is 17.2 Å². The van der Waals surface area contributed by atoms with Crippen LogP contribution in [0.1, 0.15) is 19.4 Å². The second-order valence-corrected chi connectivity index (χ2v) is 9.16. The third-order valence-electron chi connectivity index (χ3n) is 4.39. The summed E-state index contributed by atoms with van der Waals surface area (Å²) in [6, 6.07) is 13.3. The Balaban J connectivity index is 1.30. The first-order valence-electron chi connectivity index (χ1n) is 9.77. The number of thioether (sulfide) groups is 1. The predicted molar refractivity (Wildman–Crippen MR) is 121 cm³/mol. The first-order chi connectivity index (χ1) is 15.1. The zero-order valence-corrected chi connectivity index (χ0v) is 18.7. The average molecular weight is 459 g/mol. The number of nitrogens with one attached hydrogen (secondary N) is 2. The first kappa shape index (κ1) is 21.3. The minimum absolute atomic E-state index is 0.0749. The van der Waals surface area contributed by atoms with Crippen LogP contribution in [0.2, 0.25) is 0 Å². The molecule has 2 N–H and O–H groups in total. The van der Waals surface area contributed by atoms with Gasteiger partial charge in [-0.2, -0.15) is 0 Å². The maximum Gasteiger partial charge on any atom is 0.233 e. The van der Waals surface area contributed by atoms with Gasteiger partial charge < -0.3 is 24.8 Å². The van der Waals surface area contributed by atoms with Gasteiger partial charge in [-0.15, -0.1) is 10.2 Å². The van der Waals surface area contributed by atoms with E-state index in [4.69, 9.17) is 14.2 Å². The molecule has 1 atom stereocenters. The fourth-order valence-corrected chi connectivity index (χ4v) is 4.80. The number of nitrogens with zero attached hydrogens (tertiary/aromatic N) is 2. The van der Waals surface area contributed by atoms with Crippen LogP contribution in [0.15, 0.2) is 46.8 Å². The number of para-hydroxylation sites is 2. The van der Waals surface area contributed by atoms with Crippen LogP contribution in [-0.2, 0) is 11.3 Å². The molecule has 1 amide bonds. The van der Waals surface area contributed by atoms with E-state index in [1.165, 1.54) is 23.1 Å². The lowest BCUT2D eigenvalue weighted by atomic mass is 10.2. The molecule has 3 aromatic rings. The van der Waals surface area contributed by atoms with E-state index in [-0.39, 0.29) is 18.0 Å². The number of carbonyl (C=O) groups excluding carboxylic acids is 1. The molecule has 0 aliphatic carbocycles. The SMILES string of the molecule is CCOc1ccccc1Nc1nnc(SC(C)C(=O)NCc2ccc3c(c2)OCO3)s1. The summed E-state index contributed by atoms with van der Waals surface area (Å²) in [5.41, 5.74) is 1.77. The Hall–Kier alpha value is -2.98. The number of hydrogen-bond donors (Lipinski definition) is 2. The molecular formula is C21H22N4O4S2. The molecule has 4 rings (SSSR count). The lowest BCUT2D eigenvalue weighted by Crippen LogP contribution is -2.30. The molecule has 0 radical (unpaired) electrons. The van der Waals surface area contributed by atoms with E-state index in [1.54, 1.807) is 0 Å². The van der Waals surface area contributed by atoms with E-state index in [9.17, 15) is 4.79 Å². The number of anilines is 2. The molecule has 1 aromatic heterocycles. The van der Waals surface area contributed by atoms with Crippen LogP contribution >= 0.6 is 23.1 Å². The van der Waals surface area contributed by atoms with E-state index >= 15 is 0 Å². The standard InChI is InChI=1S/C21H22N4O4S2/c1-3-27-16-7-5-4-6-15(16)23-20-24-25-21(31-20)30-13(2)19(26)22-11-14-8-9-17-18(10-14)29-12-28-17/h4-10,13H,3,11-12H2,1-2H3,(H,22,26)(H,23,24). The monoisotopic (exact) mass is 458 g/mol. The van der Waals surface area contributed by atoms with Crippen molar-refractivity contribution in [3.63, 3.8) is 0 Å². The molecule has 2 heterocycles. The van der Waals surface area contributed by atoms with Crippen molar-refractivity contribution in [1.29, 1.82) is 0 Å². The fourth-order valence-electron chi connectivity index (χ4n) is 2.86. The number of fused-ring (bicyclic) bond motifs is 1. The smallest absolute Gasteiger partial charge is 0.233 e. The molecule has 0 bridgehead atoms. The van der Waals surface area contributed by atoms with Crippen LogP contribution in [0.25, 0.3) is 0 Å². The van der Waals surface area contributed by atoms with Crippen molar-refractivity contribution >= 4 is 39.8 Å². The van der Waals surface area contributed by atoms with Gasteiger partial charge in [-0.25, -0.2) is 0 Å². The van der Waals surface area contributed by atoms with Crippen molar-refractivity contribution in [2.75, 3.05) is 18.7 Å². The summed E-state index contributed by atoms with van der Waals surface area (Å²) in [6.07, 6.45) is 0. The highest BCUT2D eigenvalue weighted by atomic mass is 32.2. The van der Waals surface area contributed by atoms with E-state index in [1.807, 2.05) is 56.3 Å². The van der Waals surface area contributed by atoms with E-state index in [2.05, 4.69) is 20.8 Å². The number of ether oxygens (including phenoxy) is 3. The van der Waals surface area contributed by atoms with Gasteiger partial charge >= 0.3 is 0 Å². The summed E-state index contributed by atoms with van der Waals surface area (Å²) >= 11 is 2.76. The van der Waals surface area contributed by atoms with Crippen LogP contribution in [0.5, 0.6) is 17.2 Å². The van der Waals surface area contributed by atoms with Crippen LogP contribution in [0.3, 0.4) is 0 Å². The largest absolute Gasteiger partial charge is 0.492 e. The van der Waals surface area contributed by atoms with E-state index in [0.717, 1.165) is 22.7 Å². The number of amides is 1. The number of rotatable bonds is 9. The maximum atomic E-state index is 12.5. The van der Waals surface area contributed by atoms with Gasteiger partial charge in [0.2, 0.25) is 17.8 Å². The molecule has 162 valence electrons. The van der Waals surface area contributed by atoms with Crippen LogP contribution in [-0.4, -0.2) is 34.8 Å². The van der Waals surface area contributed by atoms with Gasteiger partial charge in [0, 0.05) is 6.54 Å². The van der Waals surface area contributed by atoms with Crippen molar-refractivity contribution in [2.45, 2.75) is 30.0 Å². The third kappa shape index (κ3) is 5.39. The Bertz CT molecular complexity index is 1060. The predicted octanol–water partition coefficient (Wildman–Crippen LogP) is 4.21. The molecule has 0 fully saturated rings. The van der Waals surface area contributed by atoms with Crippen LogP contribution in [0, 0.1) is 0 Å². The van der Waals surface area contributed by atoms with Gasteiger partial charge in [-0.05, 0) is 43.7 Å². The molecule has 10 heteroatoms. The Labute approximate surface area is 188 Å². The molecule has 0 spiro atoms. The number of aromatic nitrogens is 2. The fraction of sp³-hybridized carbons (Fsp3) is 0.286. The highest BCUT2D eigenvalue weighted by Gasteiger charge is 2.18. The molecule has 2 aromatic carbocycles. The highest BCUT2D eigenvalue weighted by molar-refractivity contribution is 8.02. The number of carbonyl (C=O) groups is 1. The summed E-state index contributed by atoms with van der Waals surface area (Å²) in [6.45, 7) is 5.01. The minimum atomic E-state index is -0.314. The topological polar surface area (TPSA) is 94.6 Å². The molecule has 8 nitrogen and oxygen atoms in total. The summed E-state index contributed by atoms with van der Waals surface area (Å²) in [7, 11) is 0. The number of hydrogen-bond acceptors (Lipinski definition) is 9. The molecule has 1 unspecified atom stereocenters. The maximum absolute atomic E-state index is 12.5. The van der Waals surface area contributed by atoms with Gasteiger partial charge in [-0.3, -0.25) is 4.79 Å². The zero-order valence-electron chi connectivity index (χ0n) is 17.1. The van der Waals surface area contributed by atoms with Crippen LogP contribution < -0.4 is 24.8 Å². The van der Waals surface area contributed by atoms with Gasteiger partial charge in [0.15, 0.2) is 15.8 Å². The minimum Gasteiger partial charge on any atom is -0.492 e. The summed E-state index contributed by atoms with van der Waals surface area (Å²) in [5, 5.41) is 14.9. The van der Waals surface area contributed by atoms with Gasteiger partial charge in [0.25, 0.3) is 0 Å². The normalized spacial score (nSPS) is 13.0. The Morgan fingerprint density at radius 3 is 2.94 bits per heavy atom. The lowest BCUT2D eigenvalue weighted by Gasteiger charge is -2.11. The Morgan fingerprint density at radius 2 is 2.06 bits per heavy atom. The zero-order chi connectivity index (χ0) is 21.6. The summed E-state index contributed by atoms with van der Waals surface area (Å²) in [4.78, 5) is 12.5. The lowest BCUT2D eigenvalue weighted by molar-refractivity contribution is -0.120. The third-order valence-corrected chi connectivity index (χ3v) is 6.41. The second-order valence-electron chi connectivity index (χ2n) is 6.59.